The zero-order valence-electron chi connectivity index (χ0n) is 6.97. The lowest BCUT2D eigenvalue weighted by molar-refractivity contribution is -0.506. The summed E-state index contributed by atoms with van der Waals surface area (Å²) in [5.41, 5.74) is 10.7. The van der Waals surface area contributed by atoms with Crippen LogP contribution in [0.15, 0.2) is 0 Å². The largest absolute Gasteiger partial charge is 0.338 e. The Morgan fingerprint density at radius 1 is 1.00 bits per heavy atom. The molecule has 64 valence electrons. The van der Waals surface area contributed by atoms with Gasteiger partial charge in [-0.2, -0.15) is 0 Å². The van der Waals surface area contributed by atoms with Crippen LogP contribution in [0.2, 0.25) is 0 Å². The number of rotatable bonds is 1. The molecule has 1 fully saturated rings. The van der Waals surface area contributed by atoms with Crippen molar-refractivity contribution in [2.75, 3.05) is 0 Å². The molecular weight excluding hydrogens is 138 g/mol. The molecular formula is C8H18N3+. The molecule has 0 heterocycles. The van der Waals surface area contributed by atoms with Crippen LogP contribution in [0.5, 0.6) is 0 Å². The molecule has 1 aliphatic rings. The Balaban J connectivity index is 2.37. The van der Waals surface area contributed by atoms with Crippen LogP contribution in [0, 0.1) is 0 Å². The highest BCUT2D eigenvalue weighted by Gasteiger charge is 2.11. The lowest BCUT2D eigenvalue weighted by atomic mass is 10.1. The van der Waals surface area contributed by atoms with Crippen LogP contribution in [0.25, 0.3) is 0 Å². The van der Waals surface area contributed by atoms with Crippen LogP contribution >= 0.6 is 0 Å². The molecule has 3 nitrogen and oxygen atoms in total. The Labute approximate surface area is 67.9 Å². The first-order chi connectivity index (χ1) is 5.29. The van der Waals surface area contributed by atoms with Gasteiger partial charge in [-0.1, -0.05) is 25.7 Å². The fraction of sp³-hybridized carbons (Fsp3) is 0.875. The summed E-state index contributed by atoms with van der Waals surface area (Å²) in [6.45, 7) is 0. The first-order valence-corrected chi connectivity index (χ1v) is 4.43. The molecule has 0 saturated heterocycles. The molecule has 1 rings (SSSR count). The molecule has 0 aromatic rings. The lowest BCUT2D eigenvalue weighted by Gasteiger charge is -2.05. The monoisotopic (exact) mass is 156 g/mol. The molecule has 0 aromatic carbocycles. The second-order valence-electron chi connectivity index (χ2n) is 3.29. The number of hydrogen-bond acceptors (Lipinski definition) is 0. The van der Waals surface area contributed by atoms with Crippen molar-refractivity contribution >= 4 is 5.96 Å². The minimum atomic E-state index is 0.372. The molecule has 11 heavy (non-hydrogen) atoms. The van der Waals surface area contributed by atoms with Gasteiger partial charge in [0.1, 0.15) is 0 Å². The topological polar surface area (TPSA) is 66.0 Å². The van der Waals surface area contributed by atoms with E-state index in [1.807, 2.05) is 0 Å². The van der Waals surface area contributed by atoms with E-state index >= 15 is 0 Å². The van der Waals surface area contributed by atoms with E-state index in [2.05, 4.69) is 4.99 Å². The van der Waals surface area contributed by atoms with Crippen molar-refractivity contribution in [3.05, 3.63) is 0 Å². The fourth-order valence-electron chi connectivity index (χ4n) is 1.66. The van der Waals surface area contributed by atoms with E-state index in [9.17, 15) is 0 Å². The van der Waals surface area contributed by atoms with E-state index in [1.54, 1.807) is 0 Å². The molecule has 0 aliphatic heterocycles. The maximum atomic E-state index is 5.36. The predicted octanol–water partition coefficient (Wildman–Crippen LogP) is -0.937. The molecule has 0 atom stereocenters. The summed E-state index contributed by atoms with van der Waals surface area (Å²) in [6.07, 6.45) is 7.79. The summed E-state index contributed by atoms with van der Waals surface area (Å²) in [7, 11) is 0. The van der Waals surface area contributed by atoms with Gasteiger partial charge in [-0.05, 0) is 12.8 Å². The van der Waals surface area contributed by atoms with Gasteiger partial charge in [0.2, 0.25) is 0 Å². The molecule has 0 aromatic heterocycles. The molecule has 0 bridgehead atoms. The third-order valence-electron chi connectivity index (χ3n) is 2.23. The second kappa shape index (κ2) is 4.21. The van der Waals surface area contributed by atoms with Crippen molar-refractivity contribution in [2.45, 2.75) is 44.6 Å². The van der Waals surface area contributed by atoms with E-state index in [4.69, 9.17) is 11.5 Å². The van der Waals surface area contributed by atoms with Gasteiger partial charge in [-0.3, -0.25) is 16.5 Å². The standard InChI is InChI=1S/C8H17N3/c9-8(10)11-7-5-3-1-2-4-6-7/h7H,1-6H2,(H4,9,10,11)/p+1. The van der Waals surface area contributed by atoms with Crippen LogP contribution in [0.3, 0.4) is 0 Å². The van der Waals surface area contributed by atoms with Crippen molar-refractivity contribution < 1.29 is 4.99 Å². The first-order valence-electron chi connectivity index (χ1n) is 4.43. The first kappa shape index (κ1) is 8.37. The van der Waals surface area contributed by atoms with Gasteiger partial charge in [-0.25, -0.2) is 0 Å². The molecule has 0 unspecified atom stereocenters. The Kier molecular flexibility index (Phi) is 3.20. The third-order valence-corrected chi connectivity index (χ3v) is 2.23. The average molecular weight is 156 g/mol. The van der Waals surface area contributed by atoms with Gasteiger partial charge >= 0.3 is 5.96 Å². The van der Waals surface area contributed by atoms with E-state index in [1.165, 1.54) is 38.5 Å². The van der Waals surface area contributed by atoms with Crippen molar-refractivity contribution in [3.8, 4) is 0 Å². The number of guanidine groups is 1. The highest BCUT2D eigenvalue weighted by atomic mass is 15.0. The summed E-state index contributed by atoms with van der Waals surface area (Å²) < 4.78 is 0. The van der Waals surface area contributed by atoms with E-state index in [0.717, 1.165) is 0 Å². The Morgan fingerprint density at radius 3 is 2.00 bits per heavy atom. The highest BCUT2D eigenvalue weighted by Crippen LogP contribution is 2.14. The van der Waals surface area contributed by atoms with E-state index in [-0.39, 0.29) is 0 Å². The number of nitrogens with one attached hydrogen (secondary N) is 1. The zero-order valence-corrected chi connectivity index (χ0v) is 6.97. The minimum absolute atomic E-state index is 0.372. The van der Waals surface area contributed by atoms with Crippen LogP contribution in [0.1, 0.15) is 38.5 Å². The van der Waals surface area contributed by atoms with Gasteiger partial charge in [-0.15, -0.1) is 0 Å². The van der Waals surface area contributed by atoms with Crippen molar-refractivity contribution in [2.24, 2.45) is 11.5 Å². The van der Waals surface area contributed by atoms with Gasteiger partial charge in [0.25, 0.3) is 0 Å². The zero-order chi connectivity index (χ0) is 8.10. The van der Waals surface area contributed by atoms with Crippen LogP contribution in [-0.4, -0.2) is 12.0 Å². The van der Waals surface area contributed by atoms with Gasteiger partial charge < -0.3 is 0 Å². The Hall–Kier alpha value is -0.730. The fourth-order valence-corrected chi connectivity index (χ4v) is 1.66. The van der Waals surface area contributed by atoms with Crippen molar-refractivity contribution in [1.82, 2.24) is 0 Å². The summed E-state index contributed by atoms with van der Waals surface area (Å²) in [6, 6.07) is 0.530. The molecule has 0 amide bonds. The lowest BCUT2D eigenvalue weighted by Crippen LogP contribution is -2.83. The van der Waals surface area contributed by atoms with E-state index < -0.39 is 0 Å². The normalized spacial score (nSPS) is 20.7. The number of nitrogens with two attached hydrogens (primary N) is 2. The average Bonchev–Trinajstić information content (AvgIpc) is 2.14. The third kappa shape index (κ3) is 3.25. The Bertz CT molecular complexity index is 130. The Morgan fingerprint density at radius 2 is 1.55 bits per heavy atom. The number of hydrogen-bond donors (Lipinski definition) is 3. The van der Waals surface area contributed by atoms with Crippen LogP contribution in [0.4, 0.5) is 0 Å². The molecule has 5 N–H and O–H groups in total. The summed E-state index contributed by atoms with van der Waals surface area (Å²) in [4.78, 5) is 3.09. The maximum absolute atomic E-state index is 5.36. The van der Waals surface area contributed by atoms with Gasteiger partial charge in [0.15, 0.2) is 0 Å². The summed E-state index contributed by atoms with van der Waals surface area (Å²) in [5.74, 6) is 0.372. The SMILES string of the molecule is NC(N)=[NH+]C1CCCCCC1. The second-order valence-corrected chi connectivity index (χ2v) is 3.29. The van der Waals surface area contributed by atoms with Crippen LogP contribution < -0.4 is 16.5 Å². The van der Waals surface area contributed by atoms with Crippen molar-refractivity contribution in [1.29, 1.82) is 0 Å². The summed E-state index contributed by atoms with van der Waals surface area (Å²) >= 11 is 0. The van der Waals surface area contributed by atoms with E-state index in [0.29, 0.717) is 12.0 Å². The molecule has 1 saturated carbocycles. The smallest absolute Gasteiger partial charge is 0.291 e. The molecule has 3 heteroatoms. The van der Waals surface area contributed by atoms with Gasteiger partial charge in [0, 0.05) is 0 Å². The van der Waals surface area contributed by atoms with Crippen molar-refractivity contribution in [3.63, 3.8) is 0 Å². The molecule has 0 spiro atoms. The van der Waals surface area contributed by atoms with Crippen LogP contribution in [-0.2, 0) is 0 Å². The molecule has 1 aliphatic carbocycles. The highest BCUT2D eigenvalue weighted by molar-refractivity contribution is 5.69. The molecule has 0 radical (unpaired) electrons. The minimum Gasteiger partial charge on any atom is -0.291 e. The quantitative estimate of drug-likeness (QED) is 0.261. The summed E-state index contributed by atoms with van der Waals surface area (Å²) in [5, 5.41) is 0. The predicted molar refractivity (Wildman–Crippen MR) is 45.8 cm³/mol. The maximum Gasteiger partial charge on any atom is 0.338 e. The van der Waals surface area contributed by atoms with Gasteiger partial charge in [0.05, 0.1) is 6.04 Å².